The number of likely N-dealkylation sites (tertiary alicyclic amines) is 1. The number of aryl methyl sites for hydroxylation is 1. The quantitative estimate of drug-likeness (QED) is 0.710. The molecule has 29 heavy (non-hydrogen) atoms. The molecule has 1 aliphatic heterocycles. The van der Waals surface area contributed by atoms with E-state index in [9.17, 15) is 9.18 Å². The molecule has 150 valence electrons. The first-order chi connectivity index (χ1) is 14.0. The minimum Gasteiger partial charge on any atom is -0.334 e. The maximum absolute atomic E-state index is 13.2. The number of hydrogen-bond acceptors (Lipinski definition) is 3. The summed E-state index contributed by atoms with van der Waals surface area (Å²) in [4.78, 5) is 19.5. The number of carbonyl (C=O) groups is 1. The normalized spacial score (nSPS) is 16.9. The van der Waals surface area contributed by atoms with Crippen LogP contribution in [0, 0.1) is 12.7 Å². The molecule has 1 aliphatic rings. The van der Waals surface area contributed by atoms with Crippen LogP contribution in [0.3, 0.4) is 0 Å². The van der Waals surface area contributed by atoms with Gasteiger partial charge in [0.2, 0.25) is 5.91 Å². The molecule has 1 unspecified atom stereocenters. The Bertz CT molecular complexity index is 1010. The van der Waals surface area contributed by atoms with Gasteiger partial charge in [-0.15, -0.1) is 0 Å². The fourth-order valence-corrected chi connectivity index (χ4v) is 3.86. The Morgan fingerprint density at radius 3 is 2.72 bits per heavy atom. The van der Waals surface area contributed by atoms with Crippen LogP contribution in [0.15, 0.2) is 54.7 Å². The summed E-state index contributed by atoms with van der Waals surface area (Å²) in [5, 5.41) is 3.06. The molecule has 2 heterocycles. The molecule has 1 atom stereocenters. The van der Waals surface area contributed by atoms with Crippen molar-refractivity contribution in [2.24, 2.45) is 7.05 Å². The summed E-state index contributed by atoms with van der Waals surface area (Å²) in [6.07, 6.45) is 3.74. The Hall–Kier alpha value is -2.99. The number of benzene rings is 2. The highest BCUT2D eigenvalue weighted by Crippen LogP contribution is 2.25. The van der Waals surface area contributed by atoms with Gasteiger partial charge in [0.05, 0.1) is 11.7 Å². The topological polar surface area (TPSA) is 50.2 Å². The van der Waals surface area contributed by atoms with Crippen molar-refractivity contribution in [3.8, 4) is 11.1 Å². The van der Waals surface area contributed by atoms with E-state index in [1.165, 1.54) is 12.1 Å². The highest BCUT2D eigenvalue weighted by molar-refractivity contribution is 5.95. The van der Waals surface area contributed by atoms with Crippen LogP contribution < -0.4 is 5.32 Å². The van der Waals surface area contributed by atoms with Crippen LogP contribution in [0.4, 0.5) is 10.1 Å². The van der Waals surface area contributed by atoms with Crippen molar-refractivity contribution in [2.75, 3.05) is 11.9 Å². The lowest BCUT2D eigenvalue weighted by Gasteiger charge is -2.24. The van der Waals surface area contributed by atoms with Gasteiger partial charge in [0.1, 0.15) is 11.6 Å². The Kier molecular flexibility index (Phi) is 5.45. The average molecular weight is 392 g/mol. The number of aromatic nitrogens is 2. The molecule has 0 bridgehead atoms. The third-order valence-corrected chi connectivity index (χ3v) is 5.66. The standard InChI is InChI=1S/C23H25FN4O/c1-16-25-14-21(27(16)2)15-28-12-4-7-22(28)23(29)26-20-6-3-5-18(13-20)17-8-10-19(24)11-9-17/h3,5-6,8-11,13-14,22H,4,7,12,15H2,1-2H3,(H,26,29). The molecule has 4 rings (SSSR count). The minimum atomic E-state index is -0.261. The van der Waals surface area contributed by atoms with E-state index in [1.54, 1.807) is 12.1 Å². The van der Waals surface area contributed by atoms with E-state index in [0.717, 1.165) is 47.7 Å². The zero-order valence-electron chi connectivity index (χ0n) is 16.7. The predicted molar refractivity (Wildman–Crippen MR) is 112 cm³/mol. The third-order valence-electron chi connectivity index (χ3n) is 5.66. The molecule has 1 saturated heterocycles. The molecule has 0 saturated carbocycles. The van der Waals surface area contributed by atoms with Crippen molar-refractivity contribution in [1.29, 1.82) is 0 Å². The number of imidazole rings is 1. The fraction of sp³-hybridized carbons (Fsp3) is 0.304. The molecule has 5 nitrogen and oxygen atoms in total. The second-order valence-electron chi connectivity index (χ2n) is 7.56. The first-order valence-corrected chi connectivity index (χ1v) is 9.89. The van der Waals surface area contributed by atoms with Crippen LogP contribution in [0.2, 0.25) is 0 Å². The van der Waals surface area contributed by atoms with Crippen LogP contribution in [-0.4, -0.2) is 32.9 Å². The number of amides is 1. The first-order valence-electron chi connectivity index (χ1n) is 9.89. The zero-order chi connectivity index (χ0) is 20.4. The fourth-order valence-electron chi connectivity index (χ4n) is 3.86. The minimum absolute atomic E-state index is 0.0117. The molecule has 0 aliphatic carbocycles. The van der Waals surface area contributed by atoms with Crippen molar-refractivity contribution in [3.63, 3.8) is 0 Å². The summed E-state index contributed by atoms with van der Waals surface area (Å²) in [5.74, 6) is 0.721. The van der Waals surface area contributed by atoms with Crippen LogP contribution in [-0.2, 0) is 18.4 Å². The van der Waals surface area contributed by atoms with Crippen molar-refractivity contribution in [2.45, 2.75) is 32.4 Å². The van der Waals surface area contributed by atoms with E-state index in [0.29, 0.717) is 6.54 Å². The molecule has 2 aromatic carbocycles. The summed E-state index contributed by atoms with van der Waals surface area (Å²) in [6.45, 7) is 3.59. The Balaban J connectivity index is 1.46. The summed E-state index contributed by atoms with van der Waals surface area (Å²) >= 11 is 0. The van der Waals surface area contributed by atoms with Crippen molar-refractivity contribution >= 4 is 11.6 Å². The number of rotatable bonds is 5. The molecule has 0 radical (unpaired) electrons. The predicted octanol–water partition coefficient (Wildman–Crippen LogP) is 4.14. The maximum atomic E-state index is 13.2. The number of carbonyl (C=O) groups excluding carboxylic acids is 1. The molecule has 1 amide bonds. The van der Waals surface area contributed by atoms with Crippen LogP contribution in [0.5, 0.6) is 0 Å². The molecule has 1 N–H and O–H groups in total. The van der Waals surface area contributed by atoms with E-state index in [1.807, 2.05) is 44.4 Å². The van der Waals surface area contributed by atoms with Gasteiger partial charge in [-0.2, -0.15) is 0 Å². The SMILES string of the molecule is Cc1ncc(CN2CCCC2C(=O)Nc2cccc(-c3ccc(F)cc3)c2)n1C. The van der Waals surface area contributed by atoms with E-state index in [2.05, 4.69) is 19.8 Å². The van der Waals surface area contributed by atoms with Gasteiger partial charge in [0.25, 0.3) is 0 Å². The lowest BCUT2D eigenvalue weighted by Crippen LogP contribution is -2.39. The van der Waals surface area contributed by atoms with E-state index < -0.39 is 0 Å². The zero-order valence-corrected chi connectivity index (χ0v) is 16.7. The first kappa shape index (κ1) is 19.3. The molecular weight excluding hydrogens is 367 g/mol. The van der Waals surface area contributed by atoms with Gasteiger partial charge in [-0.1, -0.05) is 24.3 Å². The molecule has 6 heteroatoms. The number of nitrogens with one attached hydrogen (secondary N) is 1. The maximum Gasteiger partial charge on any atom is 0.241 e. The van der Waals surface area contributed by atoms with E-state index >= 15 is 0 Å². The van der Waals surface area contributed by atoms with Crippen molar-refractivity contribution in [3.05, 3.63) is 72.1 Å². The van der Waals surface area contributed by atoms with Crippen molar-refractivity contribution < 1.29 is 9.18 Å². The van der Waals surface area contributed by atoms with Crippen LogP contribution >= 0.6 is 0 Å². The lowest BCUT2D eigenvalue weighted by atomic mass is 10.0. The van der Waals surface area contributed by atoms with E-state index in [4.69, 9.17) is 0 Å². The second kappa shape index (κ2) is 8.17. The third kappa shape index (κ3) is 4.22. The van der Waals surface area contributed by atoms with Crippen molar-refractivity contribution in [1.82, 2.24) is 14.5 Å². The van der Waals surface area contributed by atoms with Gasteiger partial charge in [-0.3, -0.25) is 9.69 Å². The second-order valence-corrected chi connectivity index (χ2v) is 7.56. The van der Waals surface area contributed by atoms with Crippen LogP contribution in [0.25, 0.3) is 11.1 Å². The summed E-state index contributed by atoms with van der Waals surface area (Å²) < 4.78 is 15.2. The van der Waals surface area contributed by atoms with Gasteiger partial charge in [-0.25, -0.2) is 9.37 Å². The molecule has 1 fully saturated rings. The monoisotopic (exact) mass is 392 g/mol. The largest absolute Gasteiger partial charge is 0.334 e. The van der Waals surface area contributed by atoms with Gasteiger partial charge in [0, 0.05) is 25.5 Å². The van der Waals surface area contributed by atoms with E-state index in [-0.39, 0.29) is 17.8 Å². The molecule has 0 spiro atoms. The number of anilines is 1. The number of hydrogen-bond donors (Lipinski definition) is 1. The molecular formula is C23H25FN4O. The Labute approximate surface area is 170 Å². The van der Waals surface area contributed by atoms with Gasteiger partial charge in [-0.05, 0) is 61.7 Å². The number of nitrogens with zero attached hydrogens (tertiary/aromatic N) is 3. The van der Waals surface area contributed by atoms with Crippen LogP contribution in [0.1, 0.15) is 24.4 Å². The Morgan fingerprint density at radius 2 is 2.00 bits per heavy atom. The highest BCUT2D eigenvalue weighted by Gasteiger charge is 2.31. The summed E-state index contributed by atoms with van der Waals surface area (Å²) in [6, 6.07) is 13.9. The average Bonchev–Trinajstić information content (AvgIpc) is 3.31. The summed E-state index contributed by atoms with van der Waals surface area (Å²) in [5.41, 5.74) is 3.72. The Morgan fingerprint density at radius 1 is 1.21 bits per heavy atom. The number of halogens is 1. The highest BCUT2D eigenvalue weighted by atomic mass is 19.1. The van der Waals surface area contributed by atoms with Gasteiger partial charge >= 0.3 is 0 Å². The lowest BCUT2D eigenvalue weighted by molar-refractivity contribution is -0.120. The summed E-state index contributed by atoms with van der Waals surface area (Å²) in [7, 11) is 2.00. The van der Waals surface area contributed by atoms with Gasteiger partial charge < -0.3 is 9.88 Å². The molecule has 3 aromatic rings. The smallest absolute Gasteiger partial charge is 0.241 e. The van der Waals surface area contributed by atoms with Gasteiger partial charge in [0.15, 0.2) is 0 Å². The molecule has 1 aromatic heterocycles.